The van der Waals surface area contributed by atoms with E-state index in [2.05, 4.69) is 48.6 Å². The number of likely N-dealkylation sites (tertiary alicyclic amines) is 1. The molecule has 1 fully saturated rings. The molecule has 1 unspecified atom stereocenters. The van der Waals surface area contributed by atoms with Crippen molar-refractivity contribution in [2.45, 2.75) is 39.0 Å². The summed E-state index contributed by atoms with van der Waals surface area (Å²) in [6.07, 6.45) is 3.59. The molecule has 146 valence electrons. The minimum atomic E-state index is 0.505. The van der Waals surface area contributed by atoms with Crippen LogP contribution in [0.5, 0.6) is 5.75 Å². The third kappa shape index (κ3) is 6.87. The van der Waals surface area contributed by atoms with E-state index in [4.69, 9.17) is 9.73 Å². The second-order valence-electron chi connectivity index (χ2n) is 7.36. The minimum absolute atomic E-state index is 0.505. The van der Waals surface area contributed by atoms with Crippen LogP contribution in [0.4, 0.5) is 0 Å². The quantitative estimate of drug-likeness (QED) is 0.552. The molecule has 2 rings (SSSR count). The van der Waals surface area contributed by atoms with E-state index in [0.717, 1.165) is 43.7 Å². The lowest BCUT2D eigenvalue weighted by Gasteiger charge is -2.28. The second kappa shape index (κ2) is 11.1. The van der Waals surface area contributed by atoms with Crippen LogP contribution in [-0.4, -0.2) is 57.7 Å². The molecule has 0 spiro atoms. The van der Waals surface area contributed by atoms with Crippen LogP contribution in [0.3, 0.4) is 0 Å². The highest BCUT2D eigenvalue weighted by molar-refractivity contribution is 5.79. The van der Waals surface area contributed by atoms with Gasteiger partial charge in [0.2, 0.25) is 0 Å². The molecule has 1 aliphatic heterocycles. The van der Waals surface area contributed by atoms with Crippen molar-refractivity contribution < 1.29 is 4.74 Å². The highest BCUT2D eigenvalue weighted by Gasteiger charge is 2.16. The molecule has 2 N–H and O–H groups in total. The standard InChI is InChI=1S/C21H36N4O/c1-5-22-21(24-16-18-11-14-25(3)15-12-18)23-13-10-17(2)19-6-8-20(26-4)9-7-19/h6-9,17-18H,5,10-16H2,1-4H3,(H2,22,23,24). The lowest BCUT2D eigenvalue weighted by Crippen LogP contribution is -2.39. The third-order valence-electron chi connectivity index (χ3n) is 5.24. The average Bonchev–Trinajstić information content (AvgIpc) is 2.67. The van der Waals surface area contributed by atoms with Crippen LogP contribution in [0.25, 0.3) is 0 Å². The van der Waals surface area contributed by atoms with Crippen LogP contribution < -0.4 is 15.4 Å². The summed E-state index contributed by atoms with van der Waals surface area (Å²) < 4.78 is 5.23. The van der Waals surface area contributed by atoms with Gasteiger partial charge in [0.25, 0.3) is 0 Å². The maximum Gasteiger partial charge on any atom is 0.191 e. The summed E-state index contributed by atoms with van der Waals surface area (Å²) in [4.78, 5) is 7.22. The van der Waals surface area contributed by atoms with E-state index >= 15 is 0 Å². The van der Waals surface area contributed by atoms with Gasteiger partial charge in [-0.3, -0.25) is 4.99 Å². The Morgan fingerprint density at radius 1 is 1.23 bits per heavy atom. The van der Waals surface area contributed by atoms with Gasteiger partial charge in [0.05, 0.1) is 7.11 Å². The van der Waals surface area contributed by atoms with Gasteiger partial charge in [-0.05, 0) is 75.9 Å². The van der Waals surface area contributed by atoms with Gasteiger partial charge in [0.1, 0.15) is 5.75 Å². The molecule has 0 radical (unpaired) electrons. The van der Waals surface area contributed by atoms with Crippen molar-refractivity contribution in [2.24, 2.45) is 10.9 Å². The number of ether oxygens (including phenoxy) is 1. The molecule has 1 atom stereocenters. The Bertz CT molecular complexity index is 535. The van der Waals surface area contributed by atoms with E-state index < -0.39 is 0 Å². The van der Waals surface area contributed by atoms with E-state index in [1.807, 2.05) is 12.1 Å². The fourth-order valence-electron chi connectivity index (χ4n) is 3.31. The summed E-state index contributed by atoms with van der Waals surface area (Å²) in [6, 6.07) is 8.38. The monoisotopic (exact) mass is 360 g/mol. The maximum atomic E-state index is 5.23. The van der Waals surface area contributed by atoms with Crippen LogP contribution in [-0.2, 0) is 0 Å². The Labute approximate surface area is 159 Å². The molecule has 0 bridgehead atoms. The molecule has 1 aromatic rings. The van der Waals surface area contributed by atoms with E-state index in [1.165, 1.54) is 31.5 Å². The molecule has 0 aromatic heterocycles. The molecule has 0 amide bonds. The van der Waals surface area contributed by atoms with Gasteiger partial charge in [-0.25, -0.2) is 0 Å². The topological polar surface area (TPSA) is 48.9 Å². The zero-order valence-corrected chi connectivity index (χ0v) is 16.9. The summed E-state index contributed by atoms with van der Waals surface area (Å²) >= 11 is 0. The van der Waals surface area contributed by atoms with E-state index in [0.29, 0.717) is 5.92 Å². The molecule has 1 aliphatic rings. The number of nitrogens with one attached hydrogen (secondary N) is 2. The predicted molar refractivity (Wildman–Crippen MR) is 110 cm³/mol. The molecular weight excluding hydrogens is 324 g/mol. The van der Waals surface area contributed by atoms with E-state index in [9.17, 15) is 0 Å². The van der Waals surface area contributed by atoms with Crippen LogP contribution >= 0.6 is 0 Å². The van der Waals surface area contributed by atoms with Crippen molar-refractivity contribution in [1.29, 1.82) is 0 Å². The SMILES string of the molecule is CCNC(=NCC1CCN(C)CC1)NCCC(C)c1ccc(OC)cc1. The molecule has 1 aromatic carbocycles. The Hall–Kier alpha value is -1.75. The average molecular weight is 361 g/mol. The maximum absolute atomic E-state index is 5.23. The van der Waals surface area contributed by atoms with Crippen LogP contribution in [0.1, 0.15) is 44.6 Å². The van der Waals surface area contributed by atoms with Gasteiger partial charge in [-0.15, -0.1) is 0 Å². The Balaban J connectivity index is 1.76. The largest absolute Gasteiger partial charge is 0.497 e. The van der Waals surface area contributed by atoms with Gasteiger partial charge in [0, 0.05) is 19.6 Å². The Morgan fingerprint density at radius 3 is 2.54 bits per heavy atom. The number of methoxy groups -OCH3 is 1. The number of rotatable bonds is 8. The molecular formula is C21H36N4O. The molecule has 26 heavy (non-hydrogen) atoms. The van der Waals surface area contributed by atoms with Crippen molar-refractivity contribution in [3.63, 3.8) is 0 Å². The second-order valence-corrected chi connectivity index (χ2v) is 7.36. The molecule has 0 aliphatic carbocycles. The van der Waals surface area contributed by atoms with Gasteiger partial charge in [0.15, 0.2) is 5.96 Å². The number of aliphatic imine (C=N–C) groups is 1. The van der Waals surface area contributed by atoms with Crippen molar-refractivity contribution >= 4 is 5.96 Å². The van der Waals surface area contributed by atoms with Crippen LogP contribution in [0.15, 0.2) is 29.3 Å². The normalized spacial score (nSPS) is 17.8. The number of piperidine rings is 1. The van der Waals surface area contributed by atoms with Crippen molar-refractivity contribution in [3.8, 4) is 5.75 Å². The molecule has 0 saturated carbocycles. The number of guanidine groups is 1. The highest BCUT2D eigenvalue weighted by Crippen LogP contribution is 2.21. The molecule has 1 heterocycles. The summed E-state index contributed by atoms with van der Waals surface area (Å²) in [5.74, 6) is 3.09. The first-order valence-corrected chi connectivity index (χ1v) is 9.97. The molecule has 5 heteroatoms. The molecule has 5 nitrogen and oxygen atoms in total. The van der Waals surface area contributed by atoms with Gasteiger partial charge in [-0.1, -0.05) is 19.1 Å². The van der Waals surface area contributed by atoms with Crippen LogP contribution in [0, 0.1) is 5.92 Å². The number of hydrogen-bond acceptors (Lipinski definition) is 3. The fraction of sp³-hybridized carbons (Fsp3) is 0.667. The number of hydrogen-bond donors (Lipinski definition) is 2. The van der Waals surface area contributed by atoms with Crippen molar-refractivity contribution in [1.82, 2.24) is 15.5 Å². The van der Waals surface area contributed by atoms with Gasteiger partial charge >= 0.3 is 0 Å². The van der Waals surface area contributed by atoms with E-state index in [-0.39, 0.29) is 0 Å². The third-order valence-corrected chi connectivity index (χ3v) is 5.24. The smallest absolute Gasteiger partial charge is 0.191 e. The molecule has 1 saturated heterocycles. The van der Waals surface area contributed by atoms with E-state index in [1.54, 1.807) is 7.11 Å². The zero-order chi connectivity index (χ0) is 18.8. The highest BCUT2D eigenvalue weighted by atomic mass is 16.5. The summed E-state index contributed by atoms with van der Waals surface area (Å²) in [5.41, 5.74) is 1.35. The van der Waals surface area contributed by atoms with Gasteiger partial charge in [-0.2, -0.15) is 0 Å². The Morgan fingerprint density at radius 2 is 1.92 bits per heavy atom. The fourth-order valence-corrected chi connectivity index (χ4v) is 3.31. The minimum Gasteiger partial charge on any atom is -0.497 e. The summed E-state index contributed by atoms with van der Waals surface area (Å²) in [5, 5.41) is 6.87. The van der Waals surface area contributed by atoms with Crippen molar-refractivity contribution in [3.05, 3.63) is 29.8 Å². The first-order chi connectivity index (χ1) is 12.6. The first kappa shape index (κ1) is 20.6. The van der Waals surface area contributed by atoms with Crippen LogP contribution in [0.2, 0.25) is 0 Å². The lowest BCUT2D eigenvalue weighted by molar-refractivity contribution is 0.223. The van der Waals surface area contributed by atoms with Gasteiger partial charge < -0.3 is 20.3 Å². The zero-order valence-electron chi connectivity index (χ0n) is 16.9. The number of nitrogens with zero attached hydrogens (tertiary/aromatic N) is 2. The summed E-state index contributed by atoms with van der Waals surface area (Å²) in [7, 11) is 3.91. The predicted octanol–water partition coefficient (Wildman–Crippen LogP) is 3.09. The number of benzene rings is 1. The lowest BCUT2D eigenvalue weighted by atomic mass is 9.97. The summed E-state index contributed by atoms with van der Waals surface area (Å²) in [6.45, 7) is 9.53. The Kier molecular flexibility index (Phi) is 8.75. The van der Waals surface area contributed by atoms with Crippen molar-refractivity contribution in [2.75, 3.05) is 46.9 Å². The first-order valence-electron chi connectivity index (χ1n) is 9.97.